The number of anilines is 3. The van der Waals surface area contributed by atoms with Gasteiger partial charge in [0.1, 0.15) is 0 Å². The van der Waals surface area contributed by atoms with Gasteiger partial charge in [-0.3, -0.25) is 0 Å². The molecule has 0 spiro atoms. The van der Waals surface area contributed by atoms with Crippen LogP contribution in [-0.2, 0) is 5.41 Å². The first-order chi connectivity index (χ1) is 20.4. The molecular formula is C40H38N2. The summed E-state index contributed by atoms with van der Waals surface area (Å²) >= 11 is 0. The quantitative estimate of drug-likeness (QED) is 0.322. The Balaban J connectivity index is 1.18. The number of hydrogen-bond donors (Lipinski definition) is 0. The third-order valence-corrected chi connectivity index (χ3v) is 8.89. The lowest BCUT2D eigenvalue weighted by Crippen LogP contribution is -2.33. The van der Waals surface area contributed by atoms with E-state index < -0.39 is 0 Å². The van der Waals surface area contributed by atoms with Gasteiger partial charge >= 0.3 is 0 Å². The van der Waals surface area contributed by atoms with Crippen LogP contribution in [0.5, 0.6) is 0 Å². The van der Waals surface area contributed by atoms with Crippen molar-refractivity contribution < 1.29 is 0 Å². The number of rotatable bonds is 3. The minimum Gasteiger partial charge on any atom is -0.337 e. The predicted octanol–water partition coefficient (Wildman–Crippen LogP) is 10.6. The Morgan fingerprint density at radius 1 is 0.810 bits per heavy atom. The maximum atomic E-state index is 4.38. The highest BCUT2D eigenvalue weighted by Gasteiger charge is 2.29. The van der Waals surface area contributed by atoms with Gasteiger partial charge in [0.25, 0.3) is 0 Å². The zero-order valence-corrected chi connectivity index (χ0v) is 24.8. The van der Waals surface area contributed by atoms with Gasteiger partial charge in [-0.2, -0.15) is 0 Å². The van der Waals surface area contributed by atoms with E-state index in [1.807, 2.05) is 0 Å². The average Bonchev–Trinajstić information content (AvgIpc) is 3.26. The minimum absolute atomic E-state index is 0.0762. The lowest BCUT2D eigenvalue weighted by atomic mass is 9.84. The number of benzene rings is 3. The van der Waals surface area contributed by atoms with E-state index in [2.05, 4.69) is 159 Å². The number of hydrogen-bond acceptors (Lipinski definition) is 2. The number of nitrogens with zero attached hydrogens (tertiary/aromatic N) is 2. The van der Waals surface area contributed by atoms with E-state index in [4.69, 9.17) is 0 Å². The molecule has 2 bridgehead atoms. The molecule has 5 aliphatic rings. The van der Waals surface area contributed by atoms with Crippen LogP contribution in [0.1, 0.15) is 51.2 Å². The minimum atomic E-state index is 0.0762. The molecule has 0 amide bonds. The molecule has 2 heteroatoms. The molecule has 0 radical (unpaired) electrons. The fourth-order valence-corrected chi connectivity index (χ4v) is 6.51. The largest absolute Gasteiger partial charge is 0.337 e. The summed E-state index contributed by atoms with van der Waals surface area (Å²) in [6.45, 7) is 11.2. The van der Waals surface area contributed by atoms with Crippen molar-refractivity contribution in [1.82, 2.24) is 0 Å². The van der Waals surface area contributed by atoms with E-state index >= 15 is 0 Å². The molecule has 0 saturated carbocycles. The molecule has 42 heavy (non-hydrogen) atoms. The molecule has 8 rings (SSSR count). The fraction of sp³-hybridized carbons (Fsp3) is 0.200. The Hall–Kier alpha value is -4.56. The maximum absolute atomic E-state index is 4.38. The summed E-state index contributed by atoms with van der Waals surface area (Å²) in [4.78, 5) is 4.84. The molecule has 2 aliphatic carbocycles. The summed E-state index contributed by atoms with van der Waals surface area (Å²) in [6.07, 6.45) is 23.4. The highest BCUT2D eigenvalue weighted by Crippen LogP contribution is 2.41. The van der Waals surface area contributed by atoms with E-state index in [1.165, 1.54) is 44.8 Å². The van der Waals surface area contributed by atoms with E-state index in [0.29, 0.717) is 6.04 Å². The molecule has 0 N–H and O–H groups in total. The van der Waals surface area contributed by atoms with Crippen LogP contribution in [0.4, 0.5) is 17.1 Å². The Morgan fingerprint density at radius 2 is 1.55 bits per heavy atom. The molecule has 2 nitrogen and oxygen atoms in total. The van der Waals surface area contributed by atoms with Gasteiger partial charge in [0.15, 0.2) is 0 Å². The summed E-state index contributed by atoms with van der Waals surface area (Å²) < 4.78 is 0. The number of fused-ring (bicyclic) bond motifs is 2. The monoisotopic (exact) mass is 546 g/mol. The lowest BCUT2D eigenvalue weighted by Gasteiger charge is -2.34. The van der Waals surface area contributed by atoms with Crippen LogP contribution in [0, 0.1) is 0 Å². The Kier molecular flexibility index (Phi) is 6.50. The van der Waals surface area contributed by atoms with Gasteiger partial charge in [-0.25, -0.2) is 0 Å². The molecule has 0 saturated heterocycles. The normalized spacial score (nSPS) is 20.9. The molecule has 3 heterocycles. The Morgan fingerprint density at radius 3 is 2.24 bits per heavy atom. The van der Waals surface area contributed by atoms with E-state index in [0.717, 1.165) is 36.2 Å². The Bertz CT molecular complexity index is 1730. The standard InChI is InChI=1S/C40H38N2/c1-28-9-7-8-26-41(38-25-18-32(27-37(28)38)40(2,3)4)33-19-12-29(13-20-33)30-14-21-34(22-15-30)42-35-23-16-31(17-24-35)36-10-5-6-11-39(36)42/h5,7-10,12-23,25-27,35H,1,6,11,24H2,2-4H3/b9-7-,26-8-. The first-order valence-electron chi connectivity index (χ1n) is 15.1. The van der Waals surface area contributed by atoms with Gasteiger partial charge < -0.3 is 9.80 Å². The smallest absolute Gasteiger partial charge is 0.0557 e. The van der Waals surface area contributed by atoms with Crippen molar-refractivity contribution in [2.45, 2.75) is 51.5 Å². The van der Waals surface area contributed by atoms with Crippen LogP contribution in [-0.4, -0.2) is 6.04 Å². The second kappa shape index (κ2) is 10.4. The van der Waals surface area contributed by atoms with Gasteiger partial charge in [0, 0.05) is 34.4 Å². The fourth-order valence-electron chi connectivity index (χ4n) is 6.51. The van der Waals surface area contributed by atoms with Gasteiger partial charge in [0.2, 0.25) is 0 Å². The van der Waals surface area contributed by atoms with Crippen LogP contribution in [0.3, 0.4) is 0 Å². The third-order valence-electron chi connectivity index (χ3n) is 8.89. The highest BCUT2D eigenvalue weighted by molar-refractivity contribution is 5.86. The van der Waals surface area contributed by atoms with Crippen molar-refractivity contribution in [3.63, 3.8) is 0 Å². The summed E-state index contributed by atoms with van der Waals surface area (Å²) in [7, 11) is 0. The highest BCUT2D eigenvalue weighted by atomic mass is 15.2. The molecule has 208 valence electrons. The summed E-state index contributed by atoms with van der Waals surface area (Å²) in [5.41, 5.74) is 13.8. The molecular weight excluding hydrogens is 508 g/mol. The average molecular weight is 547 g/mol. The third kappa shape index (κ3) is 4.71. The van der Waals surface area contributed by atoms with Crippen molar-refractivity contribution in [3.05, 3.63) is 156 Å². The predicted molar refractivity (Wildman–Crippen MR) is 180 cm³/mol. The van der Waals surface area contributed by atoms with Gasteiger partial charge in [0.05, 0.1) is 11.7 Å². The van der Waals surface area contributed by atoms with Gasteiger partial charge in [-0.15, -0.1) is 0 Å². The molecule has 1 atom stereocenters. The van der Waals surface area contributed by atoms with Crippen molar-refractivity contribution in [1.29, 1.82) is 0 Å². The van der Waals surface area contributed by atoms with Crippen LogP contribution in [0.2, 0.25) is 0 Å². The first-order valence-corrected chi connectivity index (χ1v) is 15.1. The van der Waals surface area contributed by atoms with E-state index in [9.17, 15) is 0 Å². The van der Waals surface area contributed by atoms with Crippen molar-refractivity contribution in [2.24, 2.45) is 0 Å². The van der Waals surface area contributed by atoms with Crippen LogP contribution in [0.15, 0.2) is 145 Å². The number of allylic oxidation sites excluding steroid dienone is 10. The SMILES string of the molecule is C=C1/C=C\C=C/N(c2ccc(-c3ccc(N4C5=C(C=CCC5)C5=CCC4C=C5)cc3)cc2)c2ccc(C(C)(C)C)cc21. The molecule has 3 aromatic carbocycles. The van der Waals surface area contributed by atoms with E-state index in [-0.39, 0.29) is 5.41 Å². The lowest BCUT2D eigenvalue weighted by molar-refractivity contribution is 0.590. The van der Waals surface area contributed by atoms with Gasteiger partial charge in [-0.1, -0.05) is 100 Å². The van der Waals surface area contributed by atoms with Crippen LogP contribution >= 0.6 is 0 Å². The van der Waals surface area contributed by atoms with Crippen molar-refractivity contribution in [2.75, 3.05) is 9.80 Å². The topological polar surface area (TPSA) is 6.48 Å². The molecule has 0 fully saturated rings. The second-order valence-electron chi connectivity index (χ2n) is 12.7. The first kappa shape index (κ1) is 26.3. The summed E-state index contributed by atoms with van der Waals surface area (Å²) in [5, 5.41) is 0. The zero-order chi connectivity index (χ0) is 28.8. The van der Waals surface area contributed by atoms with Crippen LogP contribution < -0.4 is 9.80 Å². The van der Waals surface area contributed by atoms with Crippen molar-refractivity contribution >= 4 is 22.6 Å². The molecule has 0 aromatic heterocycles. The van der Waals surface area contributed by atoms with E-state index in [1.54, 1.807) is 0 Å². The maximum Gasteiger partial charge on any atom is 0.0557 e. The zero-order valence-electron chi connectivity index (χ0n) is 24.8. The van der Waals surface area contributed by atoms with Gasteiger partial charge in [-0.05, 0) is 95.0 Å². The molecule has 1 unspecified atom stereocenters. The summed E-state index contributed by atoms with van der Waals surface area (Å²) in [5.74, 6) is 0. The molecule has 3 aromatic rings. The Labute approximate surface area is 250 Å². The second-order valence-corrected chi connectivity index (χ2v) is 12.7. The summed E-state index contributed by atoms with van der Waals surface area (Å²) in [6, 6.07) is 25.2. The van der Waals surface area contributed by atoms with Crippen LogP contribution in [0.25, 0.3) is 16.7 Å². The van der Waals surface area contributed by atoms with Crippen molar-refractivity contribution in [3.8, 4) is 11.1 Å². The molecule has 3 aliphatic heterocycles.